The maximum absolute atomic E-state index is 6.80. The van der Waals surface area contributed by atoms with E-state index in [1.54, 1.807) is 6.07 Å². The Hall–Kier alpha value is -1.98. The average Bonchev–Trinajstić information content (AvgIpc) is 3.27. The van der Waals surface area contributed by atoms with Gasteiger partial charge in [0.1, 0.15) is 5.75 Å². The normalized spacial score (nSPS) is 26.2. The van der Waals surface area contributed by atoms with E-state index in [-0.39, 0.29) is 6.04 Å². The summed E-state index contributed by atoms with van der Waals surface area (Å²) in [4.78, 5) is 0. The minimum absolute atomic E-state index is 0.0567. The first-order chi connectivity index (χ1) is 16.0. The number of nitrogens with zero attached hydrogens (tertiary/aromatic N) is 1. The molecule has 3 nitrogen and oxygen atoms in total. The van der Waals surface area contributed by atoms with Gasteiger partial charge in [-0.15, -0.1) is 0 Å². The van der Waals surface area contributed by atoms with Crippen molar-refractivity contribution in [2.75, 3.05) is 0 Å². The second-order valence-corrected chi connectivity index (χ2v) is 10.8. The Labute approximate surface area is 212 Å². The fourth-order valence-electron chi connectivity index (χ4n) is 5.48. The molecule has 1 spiro atoms. The molecule has 168 valence electrons. The molecule has 1 saturated carbocycles. The zero-order valence-electron chi connectivity index (χ0n) is 17.9. The van der Waals surface area contributed by atoms with Crippen LogP contribution in [0.3, 0.4) is 0 Å². The summed E-state index contributed by atoms with van der Waals surface area (Å²) >= 11 is 16.4. The van der Waals surface area contributed by atoms with Crippen LogP contribution in [0.1, 0.15) is 54.3 Å². The number of benzene rings is 3. The maximum Gasteiger partial charge on any atom is 0.180 e. The van der Waals surface area contributed by atoms with E-state index >= 15 is 0 Å². The molecule has 2 aliphatic heterocycles. The summed E-state index contributed by atoms with van der Waals surface area (Å²) in [7, 11) is 0. The summed E-state index contributed by atoms with van der Waals surface area (Å²) in [5, 5.41) is 3.58. The van der Waals surface area contributed by atoms with E-state index in [0.717, 1.165) is 52.7 Å². The second kappa shape index (κ2) is 8.35. The SMILES string of the molecule is Clc1ccc(C2=C[C@@H]3c4cc(Br)ccc4OC4(CCC(c5ccccc5)CC4)N3N2)c(Cl)c1. The van der Waals surface area contributed by atoms with E-state index in [1.807, 2.05) is 12.1 Å². The minimum atomic E-state index is -0.409. The zero-order chi connectivity index (χ0) is 22.6. The van der Waals surface area contributed by atoms with Gasteiger partial charge in [0.05, 0.1) is 16.8 Å². The molecule has 0 saturated heterocycles. The average molecular weight is 542 g/mol. The Bertz CT molecular complexity index is 1240. The van der Waals surface area contributed by atoms with Crippen LogP contribution in [0, 0.1) is 0 Å². The third-order valence-corrected chi connectivity index (χ3v) is 8.17. The van der Waals surface area contributed by atoms with Crippen LogP contribution in [0.5, 0.6) is 5.75 Å². The number of ether oxygens (including phenoxy) is 1. The largest absolute Gasteiger partial charge is 0.471 e. The highest BCUT2D eigenvalue weighted by Gasteiger charge is 2.51. The smallest absolute Gasteiger partial charge is 0.180 e. The molecule has 0 bridgehead atoms. The van der Waals surface area contributed by atoms with Gasteiger partial charge in [0.2, 0.25) is 0 Å². The summed E-state index contributed by atoms with van der Waals surface area (Å²) in [6, 6.07) is 22.8. The molecule has 6 rings (SSSR count). The van der Waals surface area contributed by atoms with Crippen molar-refractivity contribution in [3.8, 4) is 5.75 Å². The van der Waals surface area contributed by atoms with Gasteiger partial charge in [0.15, 0.2) is 5.72 Å². The quantitative estimate of drug-likeness (QED) is 0.354. The maximum atomic E-state index is 6.80. The van der Waals surface area contributed by atoms with Crippen LogP contribution in [0.25, 0.3) is 5.70 Å². The number of fused-ring (bicyclic) bond motifs is 4. The van der Waals surface area contributed by atoms with Gasteiger partial charge in [0, 0.05) is 33.5 Å². The third kappa shape index (κ3) is 3.77. The molecule has 3 aromatic rings. The lowest BCUT2D eigenvalue weighted by Gasteiger charge is -2.51. The van der Waals surface area contributed by atoms with E-state index in [4.69, 9.17) is 27.9 Å². The van der Waals surface area contributed by atoms with Crippen molar-refractivity contribution in [1.82, 2.24) is 10.4 Å². The Kier molecular flexibility index (Phi) is 5.45. The molecule has 3 aliphatic rings. The minimum Gasteiger partial charge on any atom is -0.471 e. The van der Waals surface area contributed by atoms with Crippen LogP contribution in [-0.2, 0) is 0 Å². The fraction of sp³-hybridized carbons (Fsp3) is 0.259. The van der Waals surface area contributed by atoms with Gasteiger partial charge in [-0.05, 0) is 66.8 Å². The number of halogens is 3. The van der Waals surface area contributed by atoms with Gasteiger partial charge in [-0.2, -0.15) is 5.01 Å². The van der Waals surface area contributed by atoms with E-state index in [0.29, 0.717) is 16.0 Å². The molecule has 0 amide bonds. The fourth-order valence-corrected chi connectivity index (χ4v) is 6.37. The van der Waals surface area contributed by atoms with Crippen LogP contribution in [0.15, 0.2) is 77.3 Å². The summed E-state index contributed by atoms with van der Waals surface area (Å²) in [6.45, 7) is 0. The van der Waals surface area contributed by atoms with E-state index < -0.39 is 5.72 Å². The van der Waals surface area contributed by atoms with Crippen LogP contribution < -0.4 is 10.2 Å². The molecular weight excluding hydrogens is 519 g/mol. The third-order valence-electron chi connectivity index (χ3n) is 7.13. The van der Waals surface area contributed by atoms with Crippen LogP contribution in [0.4, 0.5) is 0 Å². The number of hydrogen-bond acceptors (Lipinski definition) is 3. The molecule has 0 aromatic heterocycles. The monoisotopic (exact) mass is 540 g/mol. The lowest BCUT2D eigenvalue weighted by atomic mass is 9.78. The van der Waals surface area contributed by atoms with Gasteiger partial charge in [0.25, 0.3) is 0 Å². The molecule has 1 atom stereocenters. The molecule has 1 N–H and O–H groups in total. The van der Waals surface area contributed by atoms with Crippen molar-refractivity contribution in [2.24, 2.45) is 0 Å². The Morgan fingerprint density at radius 2 is 1.76 bits per heavy atom. The van der Waals surface area contributed by atoms with Gasteiger partial charge in [-0.1, -0.05) is 69.5 Å². The van der Waals surface area contributed by atoms with Gasteiger partial charge < -0.3 is 10.2 Å². The number of nitrogens with one attached hydrogen (secondary N) is 1. The van der Waals surface area contributed by atoms with Gasteiger partial charge in [-0.25, -0.2) is 0 Å². The molecule has 1 fully saturated rings. The molecule has 6 heteroatoms. The van der Waals surface area contributed by atoms with Crippen molar-refractivity contribution < 1.29 is 4.74 Å². The van der Waals surface area contributed by atoms with Crippen molar-refractivity contribution in [1.29, 1.82) is 0 Å². The lowest BCUT2D eigenvalue weighted by Crippen LogP contribution is -2.60. The van der Waals surface area contributed by atoms with E-state index in [2.05, 4.69) is 81.0 Å². The standard InChI is InChI=1S/C27H23BrCl2N2O/c28-19-6-9-26-22(14-19)25-16-24(21-8-7-20(29)15-23(21)30)31-32(25)27(33-26)12-10-18(11-13-27)17-4-2-1-3-5-17/h1-9,14-16,18,25,31H,10-13H2/t18?,25-,27?/m1/s1. The predicted molar refractivity (Wildman–Crippen MR) is 137 cm³/mol. The predicted octanol–water partition coefficient (Wildman–Crippen LogP) is 8.10. The Morgan fingerprint density at radius 3 is 2.52 bits per heavy atom. The molecule has 0 radical (unpaired) electrons. The first-order valence-corrected chi connectivity index (χ1v) is 12.8. The molecule has 1 aliphatic carbocycles. The molecular formula is C27H23BrCl2N2O. The first-order valence-electron chi connectivity index (χ1n) is 11.3. The van der Waals surface area contributed by atoms with Crippen molar-refractivity contribution in [2.45, 2.75) is 43.4 Å². The van der Waals surface area contributed by atoms with Gasteiger partial charge in [-0.3, -0.25) is 0 Å². The van der Waals surface area contributed by atoms with Gasteiger partial charge >= 0.3 is 0 Å². The number of hydrogen-bond donors (Lipinski definition) is 1. The lowest BCUT2D eigenvalue weighted by molar-refractivity contribution is -0.152. The Balaban J connectivity index is 1.36. The number of rotatable bonds is 2. The van der Waals surface area contributed by atoms with E-state index in [9.17, 15) is 0 Å². The Morgan fingerprint density at radius 1 is 0.970 bits per heavy atom. The van der Waals surface area contributed by atoms with Crippen LogP contribution >= 0.6 is 39.1 Å². The highest BCUT2D eigenvalue weighted by atomic mass is 79.9. The molecule has 3 aromatic carbocycles. The number of hydrazine groups is 1. The van der Waals surface area contributed by atoms with E-state index in [1.165, 1.54) is 5.56 Å². The van der Waals surface area contributed by atoms with Crippen LogP contribution in [0.2, 0.25) is 10.0 Å². The van der Waals surface area contributed by atoms with Crippen molar-refractivity contribution in [3.63, 3.8) is 0 Å². The van der Waals surface area contributed by atoms with Crippen LogP contribution in [-0.4, -0.2) is 10.7 Å². The highest BCUT2D eigenvalue weighted by Crippen LogP contribution is 2.52. The summed E-state index contributed by atoms with van der Waals surface area (Å²) in [5.41, 5.74) is 7.76. The molecule has 2 heterocycles. The van der Waals surface area contributed by atoms with Crippen molar-refractivity contribution in [3.05, 3.63) is 104 Å². The molecule has 33 heavy (non-hydrogen) atoms. The summed E-state index contributed by atoms with van der Waals surface area (Å²) < 4.78 is 7.84. The highest BCUT2D eigenvalue weighted by molar-refractivity contribution is 9.10. The molecule has 0 unspecified atom stereocenters. The topological polar surface area (TPSA) is 24.5 Å². The van der Waals surface area contributed by atoms with Crippen molar-refractivity contribution >= 4 is 44.8 Å². The zero-order valence-corrected chi connectivity index (χ0v) is 21.0. The second-order valence-electron chi connectivity index (χ2n) is 9.05. The summed E-state index contributed by atoms with van der Waals surface area (Å²) in [5.74, 6) is 1.52. The summed E-state index contributed by atoms with van der Waals surface area (Å²) in [6.07, 6.45) is 6.31. The first kappa shape index (κ1) is 21.5.